The topological polar surface area (TPSA) is 64.3 Å². The number of alkyl halides is 3. The molecule has 0 aliphatic rings. The Morgan fingerprint density at radius 3 is 2.67 bits per heavy atom. The largest absolute Gasteiger partial charge is 0.418 e. The third-order valence-corrected chi connectivity index (χ3v) is 2.84. The van der Waals surface area contributed by atoms with E-state index in [-0.39, 0.29) is 24.1 Å². The Balaban J connectivity index is 2.65. The van der Waals surface area contributed by atoms with Crippen LogP contribution in [0.3, 0.4) is 0 Å². The molecule has 1 rings (SSSR count). The molecular weight excluding hydrogens is 285 g/mol. The van der Waals surface area contributed by atoms with Gasteiger partial charge in [0.1, 0.15) is 6.61 Å². The molecule has 0 saturated carbocycles. The molecule has 0 aliphatic carbocycles. The minimum absolute atomic E-state index is 0.0354. The number of carbonyl (C=O) groups is 1. The molecule has 1 aromatic rings. The highest BCUT2D eigenvalue weighted by Gasteiger charge is 2.33. The maximum absolute atomic E-state index is 12.7. The van der Waals surface area contributed by atoms with Gasteiger partial charge in [0.15, 0.2) is 0 Å². The van der Waals surface area contributed by atoms with Gasteiger partial charge in [-0.25, -0.2) is 0 Å². The van der Waals surface area contributed by atoms with Crippen LogP contribution in [-0.4, -0.2) is 18.6 Å². The first-order valence-corrected chi connectivity index (χ1v) is 6.62. The van der Waals surface area contributed by atoms with E-state index >= 15 is 0 Å². The molecule has 21 heavy (non-hydrogen) atoms. The van der Waals surface area contributed by atoms with Gasteiger partial charge in [-0.2, -0.15) is 13.2 Å². The lowest BCUT2D eigenvalue weighted by Gasteiger charge is -2.14. The van der Waals surface area contributed by atoms with E-state index in [0.717, 1.165) is 25.0 Å². The zero-order valence-electron chi connectivity index (χ0n) is 12.0. The zero-order chi connectivity index (χ0) is 16.0. The first-order valence-electron chi connectivity index (χ1n) is 6.62. The Labute approximate surface area is 121 Å². The van der Waals surface area contributed by atoms with Crippen molar-refractivity contribution in [3.05, 3.63) is 23.8 Å². The van der Waals surface area contributed by atoms with E-state index in [4.69, 9.17) is 10.5 Å². The Morgan fingerprint density at radius 1 is 1.43 bits per heavy atom. The van der Waals surface area contributed by atoms with Crippen molar-refractivity contribution in [2.24, 2.45) is 0 Å². The predicted molar refractivity (Wildman–Crippen MR) is 74.8 cm³/mol. The molecule has 0 aromatic heterocycles. The normalized spacial score (nSPS) is 13.0. The second-order valence-electron chi connectivity index (χ2n) is 4.76. The summed E-state index contributed by atoms with van der Waals surface area (Å²) in [5, 5.41) is 2.36. The Bertz CT molecular complexity index is 490. The molecule has 0 radical (unpaired) electrons. The van der Waals surface area contributed by atoms with Crippen molar-refractivity contribution in [1.82, 2.24) is 0 Å². The van der Waals surface area contributed by atoms with Crippen molar-refractivity contribution in [2.75, 3.05) is 17.7 Å². The summed E-state index contributed by atoms with van der Waals surface area (Å²) in [7, 11) is 0. The highest BCUT2D eigenvalue weighted by atomic mass is 19.4. The van der Waals surface area contributed by atoms with E-state index in [0.29, 0.717) is 0 Å². The van der Waals surface area contributed by atoms with Gasteiger partial charge in [-0.3, -0.25) is 4.79 Å². The lowest BCUT2D eigenvalue weighted by Crippen LogP contribution is -2.22. The summed E-state index contributed by atoms with van der Waals surface area (Å²) >= 11 is 0. The number of nitrogens with one attached hydrogen (secondary N) is 1. The molecule has 0 spiro atoms. The van der Waals surface area contributed by atoms with Crippen LogP contribution in [0.5, 0.6) is 0 Å². The number of hydrogen-bond donors (Lipinski definition) is 2. The van der Waals surface area contributed by atoms with Crippen LogP contribution in [0.15, 0.2) is 18.2 Å². The summed E-state index contributed by atoms with van der Waals surface area (Å²) in [4.78, 5) is 11.6. The van der Waals surface area contributed by atoms with Gasteiger partial charge in [0.2, 0.25) is 5.91 Å². The van der Waals surface area contributed by atoms with E-state index in [2.05, 4.69) is 5.32 Å². The maximum atomic E-state index is 12.7. The Hall–Kier alpha value is -1.76. The molecule has 0 bridgehead atoms. The van der Waals surface area contributed by atoms with E-state index in [1.165, 1.54) is 6.07 Å². The summed E-state index contributed by atoms with van der Waals surface area (Å²) in [5.41, 5.74) is 3.96. The molecule has 0 heterocycles. The maximum Gasteiger partial charge on any atom is 0.418 e. The number of amides is 1. The fourth-order valence-electron chi connectivity index (χ4n) is 1.78. The van der Waals surface area contributed by atoms with E-state index in [9.17, 15) is 18.0 Å². The molecule has 4 nitrogen and oxygen atoms in total. The van der Waals surface area contributed by atoms with Crippen molar-refractivity contribution in [1.29, 1.82) is 0 Å². The van der Waals surface area contributed by atoms with Crippen molar-refractivity contribution in [3.8, 4) is 0 Å². The number of ether oxygens (including phenoxy) is 1. The summed E-state index contributed by atoms with van der Waals surface area (Å²) in [5.74, 6) is -0.504. The third-order valence-electron chi connectivity index (χ3n) is 2.84. The van der Waals surface area contributed by atoms with E-state index in [1.54, 1.807) is 0 Å². The number of nitrogens with two attached hydrogens (primary N) is 1. The van der Waals surface area contributed by atoms with Crippen LogP contribution in [-0.2, 0) is 15.7 Å². The van der Waals surface area contributed by atoms with Gasteiger partial charge in [0.05, 0.1) is 11.7 Å². The molecule has 0 aliphatic heterocycles. The summed E-state index contributed by atoms with van der Waals surface area (Å²) in [6, 6.07) is 3.24. The van der Waals surface area contributed by atoms with Crippen LogP contribution < -0.4 is 11.1 Å². The smallest absolute Gasteiger partial charge is 0.398 e. The molecule has 1 atom stereocenters. The van der Waals surface area contributed by atoms with Gasteiger partial charge in [0, 0.05) is 11.4 Å². The molecule has 1 unspecified atom stereocenters. The molecular formula is C14H19F3N2O2. The SMILES string of the molecule is CCCC(C)OCC(=O)Nc1ccc(N)c(C(F)(F)F)c1. The second kappa shape index (κ2) is 7.31. The highest BCUT2D eigenvalue weighted by molar-refractivity contribution is 5.92. The van der Waals surface area contributed by atoms with Crippen LogP contribution in [0.4, 0.5) is 24.5 Å². The number of hydrogen-bond acceptors (Lipinski definition) is 3. The molecule has 0 fully saturated rings. The average molecular weight is 304 g/mol. The third kappa shape index (κ3) is 5.63. The number of benzene rings is 1. The molecule has 1 aromatic carbocycles. The van der Waals surface area contributed by atoms with Crippen LogP contribution in [0.1, 0.15) is 32.3 Å². The van der Waals surface area contributed by atoms with Gasteiger partial charge in [-0.15, -0.1) is 0 Å². The second-order valence-corrected chi connectivity index (χ2v) is 4.76. The van der Waals surface area contributed by atoms with Crippen LogP contribution >= 0.6 is 0 Å². The molecule has 1 amide bonds. The standard InChI is InChI=1S/C14H19F3N2O2/c1-3-4-9(2)21-8-13(20)19-10-5-6-12(18)11(7-10)14(15,16)17/h5-7,9H,3-4,8,18H2,1-2H3,(H,19,20). The summed E-state index contributed by atoms with van der Waals surface area (Å²) in [6.45, 7) is 3.63. The van der Waals surface area contributed by atoms with Crippen LogP contribution in [0, 0.1) is 0 Å². The molecule has 7 heteroatoms. The monoisotopic (exact) mass is 304 g/mol. The highest BCUT2D eigenvalue weighted by Crippen LogP contribution is 2.35. The predicted octanol–water partition coefficient (Wildman–Crippen LogP) is 3.43. The van der Waals surface area contributed by atoms with Crippen molar-refractivity contribution < 1.29 is 22.7 Å². The van der Waals surface area contributed by atoms with Gasteiger partial charge in [-0.05, 0) is 31.5 Å². The number of rotatable bonds is 6. The number of halogens is 3. The van der Waals surface area contributed by atoms with Gasteiger partial charge >= 0.3 is 6.18 Å². The quantitative estimate of drug-likeness (QED) is 0.791. The number of carbonyl (C=O) groups excluding carboxylic acids is 1. The molecule has 0 saturated heterocycles. The fourth-order valence-corrected chi connectivity index (χ4v) is 1.78. The summed E-state index contributed by atoms with van der Waals surface area (Å²) < 4.78 is 43.3. The van der Waals surface area contributed by atoms with Gasteiger partial charge in [0.25, 0.3) is 0 Å². The van der Waals surface area contributed by atoms with E-state index < -0.39 is 17.6 Å². The van der Waals surface area contributed by atoms with Gasteiger partial charge in [-0.1, -0.05) is 13.3 Å². The average Bonchev–Trinajstić information content (AvgIpc) is 2.38. The minimum atomic E-state index is -4.56. The van der Waals surface area contributed by atoms with Gasteiger partial charge < -0.3 is 15.8 Å². The van der Waals surface area contributed by atoms with Crippen LogP contribution in [0.2, 0.25) is 0 Å². The Morgan fingerprint density at radius 2 is 2.10 bits per heavy atom. The molecule has 118 valence electrons. The lowest BCUT2D eigenvalue weighted by atomic mass is 10.1. The minimum Gasteiger partial charge on any atom is -0.398 e. The fraction of sp³-hybridized carbons (Fsp3) is 0.500. The molecule has 3 N–H and O–H groups in total. The van der Waals surface area contributed by atoms with Crippen molar-refractivity contribution in [3.63, 3.8) is 0 Å². The first kappa shape index (κ1) is 17.3. The van der Waals surface area contributed by atoms with Crippen LogP contribution in [0.25, 0.3) is 0 Å². The number of nitrogen functional groups attached to an aromatic ring is 1. The Kier molecular flexibility index (Phi) is 6.02. The van der Waals surface area contributed by atoms with Crippen molar-refractivity contribution in [2.45, 2.75) is 39.0 Å². The summed E-state index contributed by atoms with van der Waals surface area (Å²) in [6.07, 6.45) is -2.89. The lowest BCUT2D eigenvalue weighted by molar-refractivity contribution is -0.137. The number of anilines is 2. The van der Waals surface area contributed by atoms with E-state index in [1.807, 2.05) is 13.8 Å². The zero-order valence-corrected chi connectivity index (χ0v) is 12.0. The van der Waals surface area contributed by atoms with Crippen molar-refractivity contribution >= 4 is 17.3 Å². The first-order chi connectivity index (χ1) is 9.74.